The van der Waals surface area contributed by atoms with Gasteiger partial charge in [-0.25, -0.2) is 4.98 Å². The number of imidazole rings is 1. The van der Waals surface area contributed by atoms with Gasteiger partial charge in [0.25, 0.3) is 5.91 Å². The highest BCUT2D eigenvalue weighted by atomic mass is 16.5. The molecular formula is C23H28N4O3. The van der Waals surface area contributed by atoms with Gasteiger partial charge in [-0.3, -0.25) is 9.69 Å². The van der Waals surface area contributed by atoms with E-state index in [1.165, 1.54) is 0 Å². The van der Waals surface area contributed by atoms with Gasteiger partial charge in [0, 0.05) is 32.4 Å². The molecule has 2 aromatic heterocycles. The van der Waals surface area contributed by atoms with Crippen LogP contribution in [0.1, 0.15) is 34.6 Å². The minimum Gasteiger partial charge on any atom is -0.493 e. The lowest BCUT2D eigenvalue weighted by Crippen LogP contribution is -2.30. The van der Waals surface area contributed by atoms with Crippen molar-refractivity contribution in [3.63, 3.8) is 0 Å². The lowest BCUT2D eigenvalue weighted by Gasteiger charge is -2.20. The van der Waals surface area contributed by atoms with E-state index in [-0.39, 0.29) is 5.91 Å². The van der Waals surface area contributed by atoms with Gasteiger partial charge in [0.05, 0.1) is 19.9 Å². The zero-order valence-corrected chi connectivity index (χ0v) is 17.8. The van der Waals surface area contributed by atoms with Crippen molar-refractivity contribution in [3.8, 4) is 11.5 Å². The van der Waals surface area contributed by atoms with Crippen molar-refractivity contribution in [1.29, 1.82) is 0 Å². The standard InChI is InChI=1S/C23H28N4O3/c1-25(15-17-9-10-19(29-2)20(14-17)30-3)16-18-22(23(28)26-11-6-7-12-26)24-21-8-4-5-13-27(18)21/h4-5,8-10,13-14H,6-7,11-12,15-16H2,1-3H3. The van der Waals surface area contributed by atoms with E-state index in [0.717, 1.165) is 42.8 Å². The second-order valence-corrected chi connectivity index (χ2v) is 7.70. The molecule has 1 amide bonds. The molecule has 1 aliphatic rings. The van der Waals surface area contributed by atoms with Gasteiger partial charge in [0.2, 0.25) is 0 Å². The van der Waals surface area contributed by atoms with E-state index in [1.807, 2.05) is 58.9 Å². The summed E-state index contributed by atoms with van der Waals surface area (Å²) < 4.78 is 12.8. The number of carbonyl (C=O) groups excluding carboxylic acids is 1. The molecule has 3 heterocycles. The average Bonchev–Trinajstić information content (AvgIpc) is 3.42. The Balaban J connectivity index is 1.59. The first-order valence-electron chi connectivity index (χ1n) is 10.3. The number of benzene rings is 1. The molecule has 0 radical (unpaired) electrons. The zero-order chi connectivity index (χ0) is 21.1. The summed E-state index contributed by atoms with van der Waals surface area (Å²) in [6.07, 6.45) is 4.10. The van der Waals surface area contributed by atoms with Gasteiger partial charge in [0.15, 0.2) is 17.2 Å². The molecule has 0 N–H and O–H groups in total. The number of hydrogen-bond donors (Lipinski definition) is 0. The van der Waals surface area contributed by atoms with Crippen LogP contribution in [0.15, 0.2) is 42.6 Å². The molecular weight excluding hydrogens is 380 g/mol. The normalized spacial score (nSPS) is 13.9. The molecule has 30 heavy (non-hydrogen) atoms. The van der Waals surface area contributed by atoms with Crippen LogP contribution in [0.25, 0.3) is 5.65 Å². The number of ether oxygens (including phenoxy) is 2. The number of amides is 1. The van der Waals surface area contributed by atoms with E-state index in [9.17, 15) is 4.79 Å². The number of pyridine rings is 1. The highest BCUT2D eigenvalue weighted by molar-refractivity contribution is 5.94. The number of hydrogen-bond acceptors (Lipinski definition) is 5. The van der Waals surface area contributed by atoms with Gasteiger partial charge in [-0.15, -0.1) is 0 Å². The van der Waals surface area contributed by atoms with Gasteiger partial charge >= 0.3 is 0 Å². The van der Waals surface area contributed by atoms with Crippen molar-refractivity contribution in [2.75, 3.05) is 34.4 Å². The number of aromatic nitrogens is 2. The largest absolute Gasteiger partial charge is 0.493 e. The smallest absolute Gasteiger partial charge is 0.274 e. The van der Waals surface area contributed by atoms with E-state index in [0.29, 0.717) is 30.3 Å². The van der Waals surface area contributed by atoms with Crippen LogP contribution in [0, 0.1) is 0 Å². The second kappa shape index (κ2) is 8.75. The van der Waals surface area contributed by atoms with Gasteiger partial charge in [-0.1, -0.05) is 12.1 Å². The monoisotopic (exact) mass is 408 g/mol. The molecule has 0 spiro atoms. The molecule has 7 heteroatoms. The van der Waals surface area contributed by atoms with Crippen molar-refractivity contribution in [3.05, 3.63) is 59.5 Å². The van der Waals surface area contributed by atoms with Gasteiger partial charge < -0.3 is 18.8 Å². The third-order valence-corrected chi connectivity index (χ3v) is 5.54. The summed E-state index contributed by atoms with van der Waals surface area (Å²) in [6.45, 7) is 2.94. The van der Waals surface area contributed by atoms with Crippen LogP contribution >= 0.6 is 0 Å². The van der Waals surface area contributed by atoms with Crippen molar-refractivity contribution < 1.29 is 14.3 Å². The molecule has 0 atom stereocenters. The third kappa shape index (κ3) is 3.98. The minimum atomic E-state index is 0.0331. The Hall–Kier alpha value is -3.06. The Morgan fingerprint density at radius 1 is 1.07 bits per heavy atom. The van der Waals surface area contributed by atoms with Crippen LogP contribution in [0.4, 0.5) is 0 Å². The van der Waals surface area contributed by atoms with Crippen LogP contribution in [0.2, 0.25) is 0 Å². The molecule has 0 aliphatic carbocycles. The molecule has 0 bridgehead atoms. The fraction of sp³-hybridized carbons (Fsp3) is 0.391. The van der Waals surface area contributed by atoms with Crippen molar-refractivity contribution >= 4 is 11.6 Å². The number of rotatable bonds is 7. The minimum absolute atomic E-state index is 0.0331. The highest BCUT2D eigenvalue weighted by Gasteiger charge is 2.26. The SMILES string of the molecule is COc1ccc(CN(C)Cc2c(C(=O)N3CCCC3)nc3ccccn23)cc1OC. The molecule has 0 saturated carbocycles. The summed E-state index contributed by atoms with van der Waals surface area (Å²) in [7, 11) is 5.32. The number of nitrogens with zero attached hydrogens (tertiary/aromatic N) is 4. The summed E-state index contributed by atoms with van der Waals surface area (Å²) >= 11 is 0. The Morgan fingerprint density at radius 2 is 1.83 bits per heavy atom. The number of likely N-dealkylation sites (tertiary alicyclic amines) is 1. The quantitative estimate of drug-likeness (QED) is 0.601. The Bertz CT molecular complexity index is 1040. The summed E-state index contributed by atoms with van der Waals surface area (Å²) in [5.74, 6) is 1.46. The molecule has 1 aromatic carbocycles. The van der Waals surface area contributed by atoms with E-state index < -0.39 is 0 Å². The molecule has 4 rings (SSSR count). The number of fused-ring (bicyclic) bond motifs is 1. The molecule has 158 valence electrons. The molecule has 0 unspecified atom stereocenters. The van der Waals surface area contributed by atoms with Crippen molar-refractivity contribution in [2.24, 2.45) is 0 Å². The predicted octanol–water partition coefficient (Wildman–Crippen LogP) is 3.22. The van der Waals surface area contributed by atoms with E-state index in [4.69, 9.17) is 9.47 Å². The lowest BCUT2D eigenvalue weighted by molar-refractivity contribution is 0.0785. The number of carbonyl (C=O) groups is 1. The maximum atomic E-state index is 13.1. The summed E-state index contributed by atoms with van der Waals surface area (Å²) in [6, 6.07) is 11.8. The Kier molecular flexibility index (Phi) is 5.90. The van der Waals surface area contributed by atoms with Gasteiger partial charge in [-0.2, -0.15) is 0 Å². The van der Waals surface area contributed by atoms with Gasteiger partial charge in [-0.05, 0) is 49.7 Å². The van der Waals surface area contributed by atoms with Crippen LogP contribution in [-0.2, 0) is 13.1 Å². The first-order chi connectivity index (χ1) is 14.6. The molecule has 3 aromatic rings. The Morgan fingerprint density at radius 3 is 2.57 bits per heavy atom. The molecule has 7 nitrogen and oxygen atoms in total. The summed E-state index contributed by atoms with van der Waals surface area (Å²) in [5, 5.41) is 0. The molecule has 1 fully saturated rings. The summed E-state index contributed by atoms with van der Waals surface area (Å²) in [4.78, 5) is 21.9. The lowest BCUT2D eigenvalue weighted by atomic mass is 10.2. The first-order valence-corrected chi connectivity index (χ1v) is 10.3. The molecule has 1 aliphatic heterocycles. The maximum absolute atomic E-state index is 13.1. The maximum Gasteiger partial charge on any atom is 0.274 e. The van der Waals surface area contributed by atoms with Crippen LogP contribution in [0.3, 0.4) is 0 Å². The average molecular weight is 409 g/mol. The zero-order valence-electron chi connectivity index (χ0n) is 17.8. The van der Waals surface area contributed by atoms with Gasteiger partial charge in [0.1, 0.15) is 5.65 Å². The predicted molar refractivity (Wildman–Crippen MR) is 115 cm³/mol. The van der Waals surface area contributed by atoms with Crippen molar-refractivity contribution in [2.45, 2.75) is 25.9 Å². The van der Waals surface area contributed by atoms with Crippen LogP contribution in [0.5, 0.6) is 11.5 Å². The Labute approximate surface area is 176 Å². The molecule has 1 saturated heterocycles. The summed E-state index contributed by atoms with van der Waals surface area (Å²) in [5.41, 5.74) is 3.39. The fourth-order valence-corrected chi connectivity index (χ4v) is 4.04. The van der Waals surface area contributed by atoms with Crippen molar-refractivity contribution in [1.82, 2.24) is 19.2 Å². The fourth-order valence-electron chi connectivity index (χ4n) is 4.04. The first kappa shape index (κ1) is 20.2. The van der Waals surface area contributed by atoms with E-state index in [2.05, 4.69) is 9.88 Å². The highest BCUT2D eigenvalue weighted by Crippen LogP contribution is 2.28. The second-order valence-electron chi connectivity index (χ2n) is 7.70. The van der Waals surface area contributed by atoms with E-state index in [1.54, 1.807) is 14.2 Å². The number of methoxy groups -OCH3 is 2. The third-order valence-electron chi connectivity index (χ3n) is 5.54. The topological polar surface area (TPSA) is 59.3 Å². The van der Waals surface area contributed by atoms with Crippen LogP contribution in [-0.4, -0.2) is 59.4 Å². The van der Waals surface area contributed by atoms with Crippen LogP contribution < -0.4 is 9.47 Å². The van der Waals surface area contributed by atoms with E-state index >= 15 is 0 Å².